The molecule has 0 fully saturated rings. The first kappa shape index (κ1) is 11.1. The lowest BCUT2D eigenvalue weighted by Gasteiger charge is -2.07. The van der Waals surface area contributed by atoms with Gasteiger partial charge in [-0.1, -0.05) is 18.5 Å². The monoisotopic (exact) mass is 239 g/mol. The summed E-state index contributed by atoms with van der Waals surface area (Å²) in [5.41, 5.74) is 1.46. The minimum absolute atomic E-state index is 0.160. The van der Waals surface area contributed by atoms with E-state index in [9.17, 15) is 9.18 Å². The predicted octanol–water partition coefficient (Wildman–Crippen LogP) is 3.19. The zero-order valence-electron chi connectivity index (χ0n) is 9.03. The summed E-state index contributed by atoms with van der Waals surface area (Å²) in [6.45, 7) is 3.65. The largest absolute Gasteiger partial charge is 0.356 e. The van der Waals surface area contributed by atoms with Gasteiger partial charge in [-0.25, -0.2) is 4.39 Å². The highest BCUT2D eigenvalue weighted by molar-refractivity contribution is 6.31. The molecule has 0 spiro atoms. The molecule has 0 aliphatic heterocycles. The molecule has 0 unspecified atom stereocenters. The highest BCUT2D eigenvalue weighted by atomic mass is 35.5. The number of fused-ring (bicyclic) bond motifs is 1. The number of aromatic amines is 1. The first-order chi connectivity index (χ1) is 7.54. The summed E-state index contributed by atoms with van der Waals surface area (Å²) in [6.07, 6.45) is 0.666. The van der Waals surface area contributed by atoms with Crippen molar-refractivity contribution >= 4 is 22.5 Å². The summed E-state index contributed by atoms with van der Waals surface area (Å²) in [5.74, 6) is -0.491. The average molecular weight is 240 g/mol. The molecule has 4 heteroatoms. The van der Waals surface area contributed by atoms with Gasteiger partial charge in [-0.05, 0) is 25.5 Å². The molecule has 1 heterocycles. The van der Waals surface area contributed by atoms with Crippen molar-refractivity contribution in [2.75, 3.05) is 0 Å². The van der Waals surface area contributed by atoms with E-state index in [1.165, 1.54) is 12.1 Å². The molecule has 1 N–H and O–H groups in total. The number of pyridine rings is 1. The van der Waals surface area contributed by atoms with Gasteiger partial charge in [0.2, 0.25) is 0 Å². The zero-order valence-corrected chi connectivity index (χ0v) is 9.78. The van der Waals surface area contributed by atoms with Crippen LogP contribution in [0.15, 0.2) is 16.9 Å². The van der Waals surface area contributed by atoms with Crippen LogP contribution in [0.1, 0.15) is 18.2 Å². The summed E-state index contributed by atoms with van der Waals surface area (Å²) in [6, 6.07) is 2.69. The molecule has 16 heavy (non-hydrogen) atoms. The first-order valence-electron chi connectivity index (χ1n) is 5.05. The average Bonchev–Trinajstić information content (AvgIpc) is 2.24. The van der Waals surface area contributed by atoms with E-state index in [-0.39, 0.29) is 16.0 Å². The number of nitrogens with one attached hydrogen (secondary N) is 1. The fourth-order valence-electron chi connectivity index (χ4n) is 1.82. The Morgan fingerprint density at radius 2 is 2.12 bits per heavy atom. The van der Waals surface area contributed by atoms with Gasteiger partial charge in [0.1, 0.15) is 5.82 Å². The van der Waals surface area contributed by atoms with Crippen molar-refractivity contribution in [1.82, 2.24) is 4.98 Å². The number of aromatic nitrogens is 1. The Kier molecular flexibility index (Phi) is 2.72. The Hall–Kier alpha value is -1.35. The number of H-pyrrole nitrogens is 1. The highest BCUT2D eigenvalue weighted by Crippen LogP contribution is 2.20. The molecule has 2 nitrogen and oxygen atoms in total. The second-order valence-electron chi connectivity index (χ2n) is 3.72. The van der Waals surface area contributed by atoms with Crippen LogP contribution in [-0.4, -0.2) is 4.98 Å². The maximum atomic E-state index is 13.6. The fourth-order valence-corrected chi connectivity index (χ4v) is 2.02. The van der Waals surface area contributed by atoms with E-state index in [4.69, 9.17) is 11.6 Å². The maximum Gasteiger partial charge on any atom is 0.192 e. The van der Waals surface area contributed by atoms with Crippen molar-refractivity contribution in [2.24, 2.45) is 0 Å². The molecule has 0 amide bonds. The fraction of sp³-hybridized carbons (Fsp3) is 0.250. The number of rotatable bonds is 1. The van der Waals surface area contributed by atoms with Crippen molar-refractivity contribution in [3.63, 3.8) is 0 Å². The van der Waals surface area contributed by atoms with Gasteiger partial charge in [0.15, 0.2) is 5.43 Å². The van der Waals surface area contributed by atoms with Gasteiger partial charge in [-0.2, -0.15) is 0 Å². The van der Waals surface area contributed by atoms with Gasteiger partial charge >= 0.3 is 0 Å². The van der Waals surface area contributed by atoms with Crippen LogP contribution in [-0.2, 0) is 6.42 Å². The van der Waals surface area contributed by atoms with E-state index >= 15 is 0 Å². The van der Waals surface area contributed by atoms with E-state index in [0.29, 0.717) is 17.4 Å². The number of benzene rings is 1. The molecule has 0 aliphatic rings. The summed E-state index contributed by atoms with van der Waals surface area (Å²) in [7, 11) is 0. The van der Waals surface area contributed by atoms with Crippen LogP contribution in [0.25, 0.3) is 10.9 Å². The molecule has 0 aliphatic carbocycles. The standard InChI is InChI=1S/C12H11ClFNO/c1-3-10-6(2)12(16)8-4-7(13)5-9(14)11(8)15-10/h4-5H,3H2,1-2H3,(H,15,16). The third-order valence-corrected chi connectivity index (χ3v) is 2.94. The van der Waals surface area contributed by atoms with Crippen LogP contribution in [0.3, 0.4) is 0 Å². The van der Waals surface area contributed by atoms with Crippen molar-refractivity contribution in [1.29, 1.82) is 0 Å². The molecule has 2 rings (SSSR count). The third-order valence-electron chi connectivity index (χ3n) is 2.72. The number of hydrogen-bond donors (Lipinski definition) is 1. The number of aryl methyl sites for hydroxylation is 1. The molecule has 1 aromatic carbocycles. The van der Waals surface area contributed by atoms with Crippen molar-refractivity contribution in [2.45, 2.75) is 20.3 Å². The normalized spacial score (nSPS) is 11.0. The zero-order chi connectivity index (χ0) is 11.9. The Morgan fingerprint density at radius 1 is 1.44 bits per heavy atom. The van der Waals surface area contributed by atoms with E-state index in [1.807, 2.05) is 6.92 Å². The quantitative estimate of drug-likeness (QED) is 0.815. The molecule has 0 saturated carbocycles. The Bertz CT molecular complexity index is 618. The minimum atomic E-state index is -0.491. The molecular formula is C12H11ClFNO. The molecule has 84 valence electrons. The van der Waals surface area contributed by atoms with Crippen molar-refractivity contribution in [3.8, 4) is 0 Å². The van der Waals surface area contributed by atoms with Gasteiger partial charge in [-0.15, -0.1) is 0 Å². The van der Waals surface area contributed by atoms with Gasteiger partial charge in [-0.3, -0.25) is 4.79 Å². The van der Waals surface area contributed by atoms with E-state index < -0.39 is 5.82 Å². The molecule has 0 radical (unpaired) electrons. The van der Waals surface area contributed by atoms with Crippen LogP contribution in [0.4, 0.5) is 4.39 Å². The lowest BCUT2D eigenvalue weighted by molar-refractivity contribution is 0.636. The molecular weight excluding hydrogens is 229 g/mol. The van der Waals surface area contributed by atoms with E-state index in [2.05, 4.69) is 4.98 Å². The summed E-state index contributed by atoms with van der Waals surface area (Å²) in [4.78, 5) is 14.9. The molecule has 0 atom stereocenters. The van der Waals surface area contributed by atoms with Crippen LogP contribution in [0.2, 0.25) is 5.02 Å². The molecule has 0 saturated heterocycles. The predicted molar refractivity (Wildman–Crippen MR) is 63.7 cm³/mol. The van der Waals surface area contributed by atoms with Crippen molar-refractivity contribution in [3.05, 3.63) is 44.5 Å². The maximum absolute atomic E-state index is 13.6. The minimum Gasteiger partial charge on any atom is -0.356 e. The number of hydrogen-bond acceptors (Lipinski definition) is 1. The van der Waals surface area contributed by atoms with Gasteiger partial charge in [0, 0.05) is 16.3 Å². The Labute approximate surface area is 97.1 Å². The second kappa shape index (κ2) is 3.91. The van der Waals surface area contributed by atoms with Crippen molar-refractivity contribution < 1.29 is 4.39 Å². The summed E-state index contributed by atoms with van der Waals surface area (Å²) in [5, 5.41) is 0.541. The Morgan fingerprint density at radius 3 is 2.75 bits per heavy atom. The molecule has 0 bridgehead atoms. The third kappa shape index (κ3) is 1.61. The number of halogens is 2. The first-order valence-corrected chi connectivity index (χ1v) is 5.43. The Balaban J connectivity index is 2.99. The second-order valence-corrected chi connectivity index (χ2v) is 4.16. The van der Waals surface area contributed by atoms with Crippen LogP contribution in [0, 0.1) is 12.7 Å². The topological polar surface area (TPSA) is 32.9 Å². The van der Waals surface area contributed by atoms with Gasteiger partial charge in [0.25, 0.3) is 0 Å². The highest BCUT2D eigenvalue weighted by Gasteiger charge is 2.11. The van der Waals surface area contributed by atoms with Crippen LogP contribution >= 0.6 is 11.6 Å². The smallest absolute Gasteiger partial charge is 0.192 e. The van der Waals surface area contributed by atoms with Gasteiger partial charge < -0.3 is 4.98 Å². The lowest BCUT2D eigenvalue weighted by atomic mass is 10.1. The molecule has 2 aromatic rings. The van der Waals surface area contributed by atoms with Crippen LogP contribution in [0.5, 0.6) is 0 Å². The summed E-state index contributed by atoms with van der Waals surface area (Å²) >= 11 is 5.73. The lowest BCUT2D eigenvalue weighted by Crippen LogP contribution is -2.12. The molecule has 1 aromatic heterocycles. The van der Waals surface area contributed by atoms with E-state index in [1.54, 1.807) is 6.92 Å². The van der Waals surface area contributed by atoms with Crippen LogP contribution < -0.4 is 5.43 Å². The van der Waals surface area contributed by atoms with Gasteiger partial charge in [0.05, 0.1) is 10.9 Å². The summed E-state index contributed by atoms with van der Waals surface area (Å²) < 4.78 is 13.6. The SMILES string of the molecule is CCc1[nH]c2c(F)cc(Cl)cc2c(=O)c1C. The van der Waals surface area contributed by atoms with E-state index in [0.717, 1.165) is 5.69 Å².